The van der Waals surface area contributed by atoms with Gasteiger partial charge in [-0.1, -0.05) is 12.8 Å². The fourth-order valence-corrected chi connectivity index (χ4v) is 3.94. The number of anilines is 3. The molecule has 21 heavy (non-hydrogen) atoms. The van der Waals surface area contributed by atoms with Gasteiger partial charge in [0, 0.05) is 17.4 Å². The molecule has 6 heteroatoms. The van der Waals surface area contributed by atoms with Crippen molar-refractivity contribution in [2.45, 2.75) is 30.4 Å². The number of ether oxygens (including phenoxy) is 1. The molecule has 1 fully saturated rings. The molecule has 1 aromatic carbocycles. The van der Waals surface area contributed by atoms with E-state index in [9.17, 15) is 4.79 Å². The number of hydrogen-bond donors (Lipinski definition) is 3. The Morgan fingerprint density at radius 2 is 2.19 bits per heavy atom. The van der Waals surface area contributed by atoms with Crippen LogP contribution in [0.5, 0.6) is 5.75 Å². The van der Waals surface area contributed by atoms with Crippen LogP contribution in [0.4, 0.5) is 17.1 Å². The molecule has 0 unspecified atom stereocenters. The number of carbonyl (C=O) groups is 1. The van der Waals surface area contributed by atoms with Gasteiger partial charge in [0.2, 0.25) is 0 Å². The van der Waals surface area contributed by atoms with E-state index in [2.05, 4.69) is 16.9 Å². The highest BCUT2D eigenvalue weighted by molar-refractivity contribution is 8.00. The monoisotopic (exact) mass is 307 g/mol. The van der Waals surface area contributed by atoms with Gasteiger partial charge in [0.25, 0.3) is 5.91 Å². The first-order valence-corrected chi connectivity index (χ1v) is 8.50. The van der Waals surface area contributed by atoms with Gasteiger partial charge in [-0.2, -0.15) is 11.8 Å². The largest absolute Gasteiger partial charge is 0.482 e. The number of fused-ring (bicyclic) bond motifs is 1. The topological polar surface area (TPSA) is 76.4 Å². The summed E-state index contributed by atoms with van der Waals surface area (Å²) in [6.07, 6.45) is 7.26. The minimum Gasteiger partial charge on any atom is -0.482 e. The average molecular weight is 307 g/mol. The Bertz CT molecular complexity index is 556. The van der Waals surface area contributed by atoms with Crippen molar-refractivity contribution in [1.82, 2.24) is 0 Å². The maximum absolute atomic E-state index is 11.4. The molecule has 4 N–H and O–H groups in total. The van der Waals surface area contributed by atoms with Gasteiger partial charge >= 0.3 is 0 Å². The lowest BCUT2D eigenvalue weighted by Crippen LogP contribution is -2.30. The fourth-order valence-electron chi connectivity index (χ4n) is 3.02. The lowest BCUT2D eigenvalue weighted by Gasteiger charge is -2.28. The van der Waals surface area contributed by atoms with Crippen LogP contribution in [0.2, 0.25) is 0 Å². The molecule has 114 valence electrons. The molecule has 0 bridgehead atoms. The molecule has 0 saturated heterocycles. The second kappa shape index (κ2) is 5.67. The molecule has 5 nitrogen and oxygen atoms in total. The highest BCUT2D eigenvalue weighted by Gasteiger charge is 2.32. The molecular formula is C15H21N3O2S. The number of nitrogen functional groups attached to an aromatic ring is 1. The normalized spacial score (nSPS) is 19.6. The van der Waals surface area contributed by atoms with Gasteiger partial charge in [-0.05, 0) is 25.2 Å². The number of carbonyl (C=O) groups excluding carboxylic acids is 1. The van der Waals surface area contributed by atoms with Crippen LogP contribution < -0.4 is 21.1 Å². The van der Waals surface area contributed by atoms with E-state index in [0.29, 0.717) is 21.9 Å². The quantitative estimate of drug-likeness (QED) is 0.746. The van der Waals surface area contributed by atoms with Crippen LogP contribution in [-0.4, -0.2) is 30.1 Å². The summed E-state index contributed by atoms with van der Waals surface area (Å²) >= 11 is 1.94. The van der Waals surface area contributed by atoms with Crippen LogP contribution in [0.1, 0.15) is 25.7 Å². The zero-order chi connectivity index (χ0) is 14.9. The molecule has 0 radical (unpaired) electrons. The summed E-state index contributed by atoms with van der Waals surface area (Å²) in [5, 5.41) is 6.27. The van der Waals surface area contributed by atoms with E-state index in [0.717, 1.165) is 12.2 Å². The Morgan fingerprint density at radius 1 is 1.43 bits per heavy atom. The van der Waals surface area contributed by atoms with E-state index in [1.54, 1.807) is 6.07 Å². The summed E-state index contributed by atoms with van der Waals surface area (Å²) in [5.74, 6) is 0.507. The second-order valence-electron chi connectivity index (χ2n) is 5.72. The molecule has 1 aliphatic heterocycles. The predicted octanol–water partition coefficient (Wildman–Crippen LogP) is 2.69. The van der Waals surface area contributed by atoms with Crippen molar-refractivity contribution in [3.63, 3.8) is 0 Å². The van der Waals surface area contributed by atoms with Crippen molar-refractivity contribution in [2.24, 2.45) is 0 Å². The molecule has 1 saturated carbocycles. The Hall–Kier alpha value is -1.56. The molecule has 0 spiro atoms. The standard InChI is InChI=1S/C15H21N3O2S/c1-21-15(4-2-3-5-15)9-17-11-7-12-13(6-10(11)16)20-8-14(19)18-12/h6-7,17H,2-5,8-9,16H2,1H3,(H,18,19). The van der Waals surface area contributed by atoms with Gasteiger partial charge in [0.05, 0.1) is 17.1 Å². The first kappa shape index (κ1) is 14.4. The van der Waals surface area contributed by atoms with Crippen LogP contribution in [0, 0.1) is 0 Å². The van der Waals surface area contributed by atoms with Crippen LogP contribution in [0.25, 0.3) is 0 Å². The maximum atomic E-state index is 11.4. The van der Waals surface area contributed by atoms with Crippen LogP contribution in [0.15, 0.2) is 12.1 Å². The minimum absolute atomic E-state index is 0.0504. The Kier molecular flexibility index (Phi) is 3.89. The Balaban J connectivity index is 1.76. The lowest BCUT2D eigenvalue weighted by molar-refractivity contribution is -0.118. The molecule has 1 aromatic rings. The zero-order valence-corrected chi connectivity index (χ0v) is 13.0. The minimum atomic E-state index is -0.130. The SMILES string of the molecule is CSC1(CNc2cc3c(cc2N)OCC(=O)N3)CCCC1. The number of nitrogens with two attached hydrogens (primary N) is 1. The second-order valence-corrected chi connectivity index (χ2v) is 6.99. The molecule has 3 rings (SSSR count). The predicted molar refractivity (Wildman–Crippen MR) is 88.2 cm³/mol. The summed E-state index contributed by atoms with van der Waals surface area (Å²) < 4.78 is 5.67. The van der Waals surface area contributed by atoms with Crippen molar-refractivity contribution < 1.29 is 9.53 Å². The van der Waals surface area contributed by atoms with Crippen molar-refractivity contribution in [1.29, 1.82) is 0 Å². The molecule has 0 aromatic heterocycles. The zero-order valence-electron chi connectivity index (χ0n) is 12.2. The molecular weight excluding hydrogens is 286 g/mol. The van der Waals surface area contributed by atoms with Crippen LogP contribution in [0.3, 0.4) is 0 Å². The van der Waals surface area contributed by atoms with Crippen LogP contribution >= 0.6 is 11.8 Å². The smallest absolute Gasteiger partial charge is 0.262 e. The number of thioether (sulfide) groups is 1. The summed E-state index contributed by atoms with van der Waals surface area (Å²) in [5.41, 5.74) is 8.29. The fraction of sp³-hybridized carbons (Fsp3) is 0.533. The van der Waals surface area contributed by atoms with E-state index in [1.165, 1.54) is 25.7 Å². The van der Waals surface area contributed by atoms with E-state index >= 15 is 0 Å². The summed E-state index contributed by atoms with van der Waals surface area (Å²) in [7, 11) is 0. The number of amides is 1. The van der Waals surface area contributed by atoms with Crippen molar-refractivity contribution in [3.8, 4) is 5.75 Å². The number of benzene rings is 1. The van der Waals surface area contributed by atoms with Gasteiger partial charge < -0.3 is 21.1 Å². The highest BCUT2D eigenvalue weighted by atomic mass is 32.2. The van der Waals surface area contributed by atoms with Gasteiger partial charge in [-0.15, -0.1) is 0 Å². The molecule has 1 heterocycles. The van der Waals surface area contributed by atoms with Crippen molar-refractivity contribution in [3.05, 3.63) is 12.1 Å². The van der Waals surface area contributed by atoms with Gasteiger partial charge in [0.1, 0.15) is 5.75 Å². The summed E-state index contributed by atoms with van der Waals surface area (Å²) in [6.45, 7) is 0.945. The molecule has 1 amide bonds. The van der Waals surface area contributed by atoms with Crippen LogP contribution in [-0.2, 0) is 4.79 Å². The number of rotatable bonds is 4. The first-order valence-electron chi connectivity index (χ1n) is 7.27. The van der Waals surface area contributed by atoms with Crippen molar-refractivity contribution in [2.75, 3.05) is 35.8 Å². The van der Waals surface area contributed by atoms with Gasteiger partial charge in [-0.3, -0.25) is 4.79 Å². The third kappa shape index (κ3) is 2.90. The lowest BCUT2D eigenvalue weighted by atomic mass is 10.1. The Labute approximate surface area is 129 Å². The molecule has 1 aliphatic carbocycles. The Morgan fingerprint density at radius 3 is 2.90 bits per heavy atom. The number of nitrogens with one attached hydrogen (secondary N) is 2. The van der Waals surface area contributed by atoms with Gasteiger partial charge in [0.15, 0.2) is 6.61 Å². The average Bonchev–Trinajstić information content (AvgIpc) is 2.95. The molecule has 2 aliphatic rings. The van der Waals surface area contributed by atoms with E-state index in [-0.39, 0.29) is 12.5 Å². The third-order valence-corrected chi connectivity index (χ3v) is 5.75. The van der Waals surface area contributed by atoms with Crippen molar-refractivity contribution >= 4 is 34.7 Å². The van der Waals surface area contributed by atoms with E-state index in [4.69, 9.17) is 10.5 Å². The molecule has 0 atom stereocenters. The first-order chi connectivity index (χ1) is 10.1. The summed E-state index contributed by atoms with van der Waals surface area (Å²) in [6, 6.07) is 3.64. The third-order valence-electron chi connectivity index (χ3n) is 4.33. The summed E-state index contributed by atoms with van der Waals surface area (Å²) in [4.78, 5) is 11.4. The number of hydrogen-bond acceptors (Lipinski definition) is 5. The van der Waals surface area contributed by atoms with E-state index < -0.39 is 0 Å². The maximum Gasteiger partial charge on any atom is 0.262 e. The van der Waals surface area contributed by atoms with Gasteiger partial charge in [-0.25, -0.2) is 0 Å². The van der Waals surface area contributed by atoms with E-state index in [1.807, 2.05) is 17.8 Å². The highest BCUT2D eigenvalue weighted by Crippen LogP contribution is 2.41.